The molecule has 4 nitrogen and oxygen atoms in total. The number of methoxy groups -OCH3 is 1. The first-order valence-corrected chi connectivity index (χ1v) is 5.62. The van der Waals surface area contributed by atoms with Crippen LogP contribution in [0, 0.1) is 5.41 Å². The second-order valence-electron chi connectivity index (χ2n) is 3.95. The van der Waals surface area contributed by atoms with Crippen LogP contribution in [0.3, 0.4) is 0 Å². The van der Waals surface area contributed by atoms with Gasteiger partial charge in [-0.2, -0.15) is 0 Å². The molecular weight excluding hydrogens is 226 g/mol. The Kier molecular flexibility index (Phi) is 3.57. The molecule has 0 bridgehead atoms. The number of nitrogens with one attached hydrogen (secondary N) is 1. The van der Waals surface area contributed by atoms with E-state index in [-0.39, 0.29) is 5.84 Å². The van der Waals surface area contributed by atoms with Crippen LogP contribution < -0.4 is 10.5 Å². The summed E-state index contributed by atoms with van der Waals surface area (Å²) in [6.45, 7) is 0. The fraction of sp³-hybridized carbons (Fsp3) is 0.143. The number of hydrogen-bond donors (Lipinski definition) is 2. The third kappa shape index (κ3) is 2.66. The molecule has 0 amide bonds. The molecule has 92 valence electrons. The van der Waals surface area contributed by atoms with Crippen LogP contribution in [0.5, 0.6) is 5.88 Å². The van der Waals surface area contributed by atoms with E-state index in [9.17, 15) is 0 Å². The number of aromatic nitrogens is 1. The van der Waals surface area contributed by atoms with Gasteiger partial charge >= 0.3 is 0 Å². The summed E-state index contributed by atoms with van der Waals surface area (Å²) in [5.41, 5.74) is 8.53. The second kappa shape index (κ2) is 5.31. The Balaban J connectivity index is 2.39. The Morgan fingerprint density at radius 1 is 1.28 bits per heavy atom. The molecule has 0 aliphatic rings. The lowest BCUT2D eigenvalue weighted by atomic mass is 9.99. The number of pyridine rings is 1. The molecule has 4 heteroatoms. The predicted octanol–water partition coefficient (Wildman–Crippen LogP) is 2.24. The van der Waals surface area contributed by atoms with Gasteiger partial charge in [0.05, 0.1) is 12.9 Å². The Morgan fingerprint density at radius 2 is 2.06 bits per heavy atom. The normalized spacial score (nSPS) is 10.1. The lowest BCUT2D eigenvalue weighted by Crippen LogP contribution is -2.13. The predicted molar refractivity (Wildman–Crippen MR) is 71.8 cm³/mol. The largest absolute Gasteiger partial charge is 0.481 e. The number of ether oxygens (including phenoxy) is 1. The first kappa shape index (κ1) is 12.1. The summed E-state index contributed by atoms with van der Waals surface area (Å²) in [5.74, 6) is 0.742. The van der Waals surface area contributed by atoms with Crippen LogP contribution in [-0.2, 0) is 6.42 Å². The van der Waals surface area contributed by atoms with Gasteiger partial charge in [0, 0.05) is 24.2 Å². The molecule has 18 heavy (non-hydrogen) atoms. The van der Waals surface area contributed by atoms with E-state index in [1.54, 1.807) is 13.3 Å². The molecule has 1 heterocycles. The highest BCUT2D eigenvalue weighted by Gasteiger charge is 2.06. The number of benzene rings is 1. The van der Waals surface area contributed by atoms with E-state index >= 15 is 0 Å². The van der Waals surface area contributed by atoms with E-state index in [4.69, 9.17) is 15.9 Å². The zero-order chi connectivity index (χ0) is 13.0. The minimum atomic E-state index is 0.156. The van der Waals surface area contributed by atoms with Crippen LogP contribution in [0.25, 0.3) is 11.1 Å². The van der Waals surface area contributed by atoms with Crippen molar-refractivity contribution in [3.8, 4) is 17.0 Å². The van der Waals surface area contributed by atoms with E-state index in [1.807, 2.05) is 36.4 Å². The molecule has 1 aromatic heterocycles. The third-order valence-electron chi connectivity index (χ3n) is 2.65. The highest BCUT2D eigenvalue weighted by atomic mass is 16.5. The van der Waals surface area contributed by atoms with E-state index in [0.29, 0.717) is 12.3 Å². The molecule has 0 saturated carbocycles. The van der Waals surface area contributed by atoms with Crippen molar-refractivity contribution in [2.24, 2.45) is 5.73 Å². The van der Waals surface area contributed by atoms with Crippen molar-refractivity contribution in [2.45, 2.75) is 6.42 Å². The van der Waals surface area contributed by atoms with Gasteiger partial charge in [0.15, 0.2) is 0 Å². The SMILES string of the molecule is COc1ccc(-c2ccccc2CC(=N)N)cn1. The average Bonchev–Trinajstić information content (AvgIpc) is 2.39. The summed E-state index contributed by atoms with van der Waals surface area (Å²) in [7, 11) is 1.59. The Labute approximate surface area is 106 Å². The molecule has 0 radical (unpaired) electrons. The summed E-state index contributed by atoms with van der Waals surface area (Å²) in [6, 6.07) is 11.6. The van der Waals surface area contributed by atoms with Crippen LogP contribution in [0.1, 0.15) is 5.56 Å². The van der Waals surface area contributed by atoms with E-state index in [2.05, 4.69) is 4.98 Å². The monoisotopic (exact) mass is 241 g/mol. The molecule has 0 aliphatic heterocycles. The molecule has 1 aromatic carbocycles. The molecular formula is C14H15N3O. The Morgan fingerprint density at radius 3 is 2.67 bits per heavy atom. The Hall–Kier alpha value is -2.36. The van der Waals surface area contributed by atoms with Crippen molar-refractivity contribution in [2.75, 3.05) is 7.11 Å². The zero-order valence-electron chi connectivity index (χ0n) is 10.2. The fourth-order valence-corrected chi connectivity index (χ4v) is 1.82. The summed E-state index contributed by atoms with van der Waals surface area (Å²) >= 11 is 0. The molecule has 0 aliphatic carbocycles. The molecule has 0 atom stereocenters. The maximum atomic E-state index is 7.40. The van der Waals surface area contributed by atoms with Gasteiger partial charge in [0.2, 0.25) is 5.88 Å². The minimum absolute atomic E-state index is 0.156. The van der Waals surface area contributed by atoms with Gasteiger partial charge in [-0.1, -0.05) is 24.3 Å². The van der Waals surface area contributed by atoms with E-state index < -0.39 is 0 Å². The number of amidine groups is 1. The van der Waals surface area contributed by atoms with Crippen LogP contribution in [-0.4, -0.2) is 17.9 Å². The molecule has 2 aromatic rings. The van der Waals surface area contributed by atoms with Gasteiger partial charge < -0.3 is 10.5 Å². The first-order valence-electron chi connectivity index (χ1n) is 5.62. The smallest absolute Gasteiger partial charge is 0.212 e. The molecule has 0 saturated heterocycles. The molecule has 0 fully saturated rings. The van der Waals surface area contributed by atoms with Crippen LogP contribution >= 0.6 is 0 Å². The zero-order valence-corrected chi connectivity index (χ0v) is 10.2. The minimum Gasteiger partial charge on any atom is -0.481 e. The lowest BCUT2D eigenvalue weighted by molar-refractivity contribution is 0.398. The average molecular weight is 241 g/mol. The van der Waals surface area contributed by atoms with Crippen LogP contribution in [0.15, 0.2) is 42.6 Å². The first-order chi connectivity index (χ1) is 8.70. The van der Waals surface area contributed by atoms with E-state index in [0.717, 1.165) is 16.7 Å². The summed E-state index contributed by atoms with van der Waals surface area (Å²) in [6.07, 6.45) is 2.21. The van der Waals surface area contributed by atoms with Gasteiger partial charge in [-0.15, -0.1) is 0 Å². The molecule has 0 spiro atoms. The van der Waals surface area contributed by atoms with E-state index in [1.165, 1.54) is 0 Å². The van der Waals surface area contributed by atoms with Crippen molar-refractivity contribution in [3.63, 3.8) is 0 Å². The highest BCUT2D eigenvalue weighted by Crippen LogP contribution is 2.24. The van der Waals surface area contributed by atoms with Crippen LogP contribution in [0.4, 0.5) is 0 Å². The van der Waals surface area contributed by atoms with Gasteiger partial charge in [-0.25, -0.2) is 4.98 Å². The van der Waals surface area contributed by atoms with Gasteiger partial charge in [0.25, 0.3) is 0 Å². The van der Waals surface area contributed by atoms with Crippen molar-refractivity contribution < 1.29 is 4.74 Å². The topological polar surface area (TPSA) is 72.0 Å². The molecule has 0 unspecified atom stereocenters. The van der Waals surface area contributed by atoms with Gasteiger partial charge in [-0.05, 0) is 17.2 Å². The molecule has 2 rings (SSSR count). The fourth-order valence-electron chi connectivity index (χ4n) is 1.82. The van der Waals surface area contributed by atoms with Crippen molar-refractivity contribution >= 4 is 5.84 Å². The summed E-state index contributed by atoms with van der Waals surface area (Å²) < 4.78 is 5.03. The molecule has 3 N–H and O–H groups in total. The lowest BCUT2D eigenvalue weighted by Gasteiger charge is -2.09. The van der Waals surface area contributed by atoms with Crippen LogP contribution in [0.2, 0.25) is 0 Å². The number of hydrogen-bond acceptors (Lipinski definition) is 3. The second-order valence-corrected chi connectivity index (χ2v) is 3.95. The Bertz CT molecular complexity index is 549. The van der Waals surface area contributed by atoms with Gasteiger partial charge in [0.1, 0.15) is 0 Å². The third-order valence-corrected chi connectivity index (χ3v) is 2.65. The van der Waals surface area contributed by atoms with Crippen molar-refractivity contribution in [3.05, 3.63) is 48.2 Å². The standard InChI is InChI=1S/C14H15N3O/c1-18-14-7-6-11(9-17-14)12-5-3-2-4-10(12)8-13(15)16/h2-7,9H,8H2,1H3,(H3,15,16). The number of nitrogens with zero attached hydrogens (tertiary/aromatic N) is 1. The summed E-state index contributed by atoms with van der Waals surface area (Å²) in [5, 5.41) is 7.40. The number of rotatable bonds is 4. The quantitative estimate of drug-likeness (QED) is 0.637. The van der Waals surface area contributed by atoms with Crippen molar-refractivity contribution in [1.82, 2.24) is 4.98 Å². The highest BCUT2D eigenvalue weighted by molar-refractivity contribution is 5.82. The van der Waals surface area contributed by atoms with Crippen molar-refractivity contribution in [1.29, 1.82) is 5.41 Å². The number of nitrogens with two attached hydrogens (primary N) is 1. The summed E-state index contributed by atoms with van der Waals surface area (Å²) in [4.78, 5) is 4.19. The van der Waals surface area contributed by atoms with Gasteiger partial charge in [-0.3, -0.25) is 5.41 Å². The maximum Gasteiger partial charge on any atom is 0.212 e. The maximum absolute atomic E-state index is 7.40.